The van der Waals surface area contributed by atoms with Crippen LogP contribution in [-0.4, -0.2) is 28.1 Å². The van der Waals surface area contributed by atoms with Gasteiger partial charge in [-0.1, -0.05) is 0 Å². The maximum atomic E-state index is 12.7. The predicted molar refractivity (Wildman–Crippen MR) is 101 cm³/mol. The quantitative estimate of drug-likeness (QED) is 0.450. The molecular weight excluding hydrogens is 472 g/mol. The van der Waals surface area contributed by atoms with Crippen molar-refractivity contribution in [1.29, 1.82) is 0 Å². The molecule has 1 fully saturated rings. The molecule has 1 heterocycles. The Balaban J connectivity index is 2.04. The Kier molecular flexibility index (Phi) is 4.84. The SMILES string of the molecule is O=C1NC(=O)N(c2ccc(O)cc2)C(=O)/C1=C/c1cc(Br)c(O)c(Br)c1. The van der Waals surface area contributed by atoms with E-state index >= 15 is 0 Å². The van der Waals surface area contributed by atoms with Gasteiger partial charge in [0.15, 0.2) is 0 Å². The molecule has 0 bridgehead atoms. The maximum Gasteiger partial charge on any atom is 0.335 e. The van der Waals surface area contributed by atoms with Crippen molar-refractivity contribution in [2.45, 2.75) is 0 Å². The molecule has 7 nitrogen and oxygen atoms in total. The number of nitrogens with zero attached hydrogens (tertiary/aromatic N) is 1. The van der Waals surface area contributed by atoms with Gasteiger partial charge in [0.2, 0.25) is 0 Å². The Morgan fingerprint density at radius 2 is 1.54 bits per heavy atom. The van der Waals surface area contributed by atoms with Crippen LogP contribution in [0.4, 0.5) is 10.5 Å². The maximum absolute atomic E-state index is 12.7. The van der Waals surface area contributed by atoms with Gasteiger partial charge in [0.25, 0.3) is 11.8 Å². The van der Waals surface area contributed by atoms with Crippen molar-refractivity contribution in [3.8, 4) is 11.5 Å². The lowest BCUT2D eigenvalue weighted by Crippen LogP contribution is -2.54. The Labute approximate surface area is 164 Å². The molecule has 0 aromatic heterocycles. The smallest absolute Gasteiger partial charge is 0.335 e. The minimum atomic E-state index is -0.879. The number of phenolic OH excluding ortho intramolecular Hbond substituents is 2. The predicted octanol–water partition coefficient (Wildman–Crippen LogP) is 3.29. The van der Waals surface area contributed by atoms with Gasteiger partial charge in [-0.2, -0.15) is 0 Å². The van der Waals surface area contributed by atoms with Gasteiger partial charge in [-0.25, -0.2) is 9.69 Å². The zero-order valence-electron chi connectivity index (χ0n) is 12.9. The van der Waals surface area contributed by atoms with Crippen LogP contribution in [0.15, 0.2) is 50.9 Å². The number of amides is 4. The molecule has 26 heavy (non-hydrogen) atoms. The van der Waals surface area contributed by atoms with Gasteiger partial charge in [0.05, 0.1) is 14.6 Å². The van der Waals surface area contributed by atoms with E-state index in [1.54, 1.807) is 0 Å². The summed E-state index contributed by atoms with van der Waals surface area (Å²) >= 11 is 6.35. The second kappa shape index (κ2) is 6.93. The lowest BCUT2D eigenvalue weighted by atomic mass is 10.1. The highest BCUT2D eigenvalue weighted by Crippen LogP contribution is 2.34. The van der Waals surface area contributed by atoms with Gasteiger partial charge in [0, 0.05) is 0 Å². The number of carbonyl (C=O) groups excluding carboxylic acids is 3. The standard InChI is InChI=1S/C17H10Br2N2O5/c18-12-6-8(7-13(19)14(12)23)5-11-15(24)20-17(26)21(16(11)25)9-1-3-10(22)4-2-9/h1-7,22-23H,(H,20,24,26)/b11-5+. The second-order valence-corrected chi connectivity index (χ2v) is 7.02. The van der Waals surface area contributed by atoms with Gasteiger partial charge >= 0.3 is 6.03 Å². The van der Waals surface area contributed by atoms with E-state index in [1.165, 1.54) is 42.5 Å². The van der Waals surface area contributed by atoms with Crippen molar-refractivity contribution in [2.24, 2.45) is 0 Å². The molecule has 4 amide bonds. The normalized spacial score (nSPS) is 16.2. The summed E-state index contributed by atoms with van der Waals surface area (Å²) in [5.74, 6) is -1.67. The first-order chi connectivity index (χ1) is 12.3. The topological polar surface area (TPSA) is 107 Å². The average Bonchev–Trinajstić information content (AvgIpc) is 2.58. The molecule has 1 aliphatic heterocycles. The van der Waals surface area contributed by atoms with E-state index in [1.807, 2.05) is 0 Å². The van der Waals surface area contributed by atoms with Crippen LogP contribution in [0.5, 0.6) is 11.5 Å². The third-order valence-electron chi connectivity index (χ3n) is 3.56. The fourth-order valence-electron chi connectivity index (χ4n) is 2.33. The van der Waals surface area contributed by atoms with E-state index in [4.69, 9.17) is 0 Å². The van der Waals surface area contributed by atoms with Crippen molar-refractivity contribution in [2.75, 3.05) is 4.90 Å². The summed E-state index contributed by atoms with van der Waals surface area (Å²) in [7, 11) is 0. The zero-order chi connectivity index (χ0) is 19.0. The second-order valence-electron chi connectivity index (χ2n) is 5.31. The number of hydrogen-bond donors (Lipinski definition) is 3. The van der Waals surface area contributed by atoms with E-state index in [0.29, 0.717) is 14.5 Å². The van der Waals surface area contributed by atoms with E-state index in [9.17, 15) is 24.6 Å². The van der Waals surface area contributed by atoms with Crippen molar-refractivity contribution < 1.29 is 24.6 Å². The van der Waals surface area contributed by atoms with Gasteiger partial charge in [-0.15, -0.1) is 0 Å². The molecule has 9 heteroatoms. The first-order valence-electron chi connectivity index (χ1n) is 7.16. The molecule has 0 spiro atoms. The number of anilines is 1. The molecule has 132 valence electrons. The molecule has 2 aromatic carbocycles. The number of hydrogen-bond acceptors (Lipinski definition) is 5. The van der Waals surface area contributed by atoms with E-state index < -0.39 is 17.8 Å². The number of rotatable bonds is 2. The zero-order valence-corrected chi connectivity index (χ0v) is 16.0. The Hall–Kier alpha value is -2.65. The van der Waals surface area contributed by atoms with Crippen molar-refractivity contribution in [1.82, 2.24) is 5.32 Å². The largest absolute Gasteiger partial charge is 0.508 e. The Morgan fingerprint density at radius 1 is 0.962 bits per heavy atom. The van der Waals surface area contributed by atoms with E-state index in [2.05, 4.69) is 37.2 Å². The van der Waals surface area contributed by atoms with Crippen LogP contribution in [0.25, 0.3) is 6.08 Å². The van der Waals surface area contributed by atoms with Crippen LogP contribution in [-0.2, 0) is 9.59 Å². The van der Waals surface area contributed by atoms with Crippen LogP contribution in [0.3, 0.4) is 0 Å². The molecule has 0 radical (unpaired) electrons. The number of aromatic hydroxyl groups is 2. The lowest BCUT2D eigenvalue weighted by molar-refractivity contribution is -0.122. The summed E-state index contributed by atoms with van der Waals surface area (Å²) in [6.07, 6.45) is 1.31. The monoisotopic (exact) mass is 480 g/mol. The van der Waals surface area contributed by atoms with Crippen molar-refractivity contribution in [3.05, 3.63) is 56.5 Å². The summed E-state index contributed by atoms with van der Waals surface area (Å²) in [5, 5.41) is 21.2. The minimum Gasteiger partial charge on any atom is -0.508 e. The van der Waals surface area contributed by atoms with Crippen molar-refractivity contribution in [3.63, 3.8) is 0 Å². The summed E-state index contributed by atoms with van der Waals surface area (Å²) in [6.45, 7) is 0. The third kappa shape index (κ3) is 3.35. The van der Waals surface area contributed by atoms with E-state index in [-0.39, 0.29) is 22.8 Å². The average molecular weight is 482 g/mol. The van der Waals surface area contributed by atoms with Crippen molar-refractivity contribution >= 4 is 61.5 Å². The molecular formula is C17H10Br2N2O5. The number of carbonyl (C=O) groups is 3. The molecule has 0 atom stereocenters. The first-order valence-corrected chi connectivity index (χ1v) is 8.75. The number of urea groups is 1. The Bertz CT molecular complexity index is 947. The molecule has 3 rings (SSSR count). The van der Waals surface area contributed by atoms with Crippen LogP contribution in [0.1, 0.15) is 5.56 Å². The molecule has 0 saturated carbocycles. The molecule has 2 aromatic rings. The molecule has 0 unspecified atom stereocenters. The van der Waals surface area contributed by atoms with Crippen LogP contribution < -0.4 is 10.2 Å². The molecule has 0 aliphatic carbocycles. The highest BCUT2D eigenvalue weighted by Gasteiger charge is 2.36. The summed E-state index contributed by atoms with van der Waals surface area (Å²) in [6, 6.07) is 7.58. The number of barbiturate groups is 1. The van der Waals surface area contributed by atoms with Gasteiger partial charge < -0.3 is 10.2 Å². The highest BCUT2D eigenvalue weighted by molar-refractivity contribution is 9.11. The summed E-state index contributed by atoms with van der Waals surface area (Å²) in [4.78, 5) is 37.7. The van der Waals surface area contributed by atoms with E-state index in [0.717, 1.165) is 4.90 Å². The van der Waals surface area contributed by atoms with Gasteiger partial charge in [0.1, 0.15) is 17.1 Å². The Morgan fingerprint density at radius 3 is 2.12 bits per heavy atom. The minimum absolute atomic E-state index is 0.0209. The number of nitrogens with one attached hydrogen (secondary N) is 1. The number of imide groups is 2. The first kappa shape index (κ1) is 18.2. The fraction of sp³-hybridized carbons (Fsp3) is 0. The van der Waals surface area contributed by atoms with Gasteiger partial charge in [-0.3, -0.25) is 14.9 Å². The molecule has 1 saturated heterocycles. The number of benzene rings is 2. The number of halogens is 2. The summed E-state index contributed by atoms with van der Waals surface area (Å²) < 4.78 is 0.739. The summed E-state index contributed by atoms with van der Waals surface area (Å²) in [5.41, 5.74) is 0.416. The fourth-order valence-corrected chi connectivity index (χ4v) is 3.55. The lowest BCUT2D eigenvalue weighted by Gasteiger charge is -2.26. The molecule has 1 aliphatic rings. The van der Waals surface area contributed by atoms with Crippen LogP contribution >= 0.6 is 31.9 Å². The number of phenols is 2. The van der Waals surface area contributed by atoms with Gasteiger partial charge in [-0.05, 0) is 79.9 Å². The van der Waals surface area contributed by atoms with Crippen LogP contribution in [0, 0.1) is 0 Å². The molecule has 3 N–H and O–H groups in total. The van der Waals surface area contributed by atoms with Crippen LogP contribution in [0.2, 0.25) is 0 Å². The third-order valence-corrected chi connectivity index (χ3v) is 4.77. The highest BCUT2D eigenvalue weighted by atomic mass is 79.9.